The number of carbonyl (C=O) groups is 1. The molecule has 1 aliphatic rings. The summed E-state index contributed by atoms with van der Waals surface area (Å²) in [5, 5.41) is 6.33. The van der Waals surface area contributed by atoms with Gasteiger partial charge < -0.3 is 15.0 Å². The number of fused-ring (bicyclic) bond motifs is 2. The van der Waals surface area contributed by atoms with Gasteiger partial charge in [0.2, 0.25) is 5.91 Å². The Labute approximate surface area is 154 Å². The van der Waals surface area contributed by atoms with Crippen LogP contribution >= 0.6 is 0 Å². The van der Waals surface area contributed by atoms with E-state index in [0.29, 0.717) is 28.2 Å². The van der Waals surface area contributed by atoms with E-state index in [4.69, 9.17) is 4.74 Å². The summed E-state index contributed by atoms with van der Waals surface area (Å²) < 4.78 is 6.81. The van der Waals surface area contributed by atoms with Crippen molar-refractivity contribution >= 4 is 22.6 Å². The van der Waals surface area contributed by atoms with Crippen molar-refractivity contribution in [3.63, 3.8) is 0 Å². The monoisotopic (exact) mass is 368 g/mol. The molecule has 3 aromatic rings. The predicted molar refractivity (Wildman–Crippen MR) is 102 cm³/mol. The average molecular weight is 368 g/mol. The summed E-state index contributed by atoms with van der Waals surface area (Å²) in [6, 6.07) is 7.07. The van der Waals surface area contributed by atoms with Crippen LogP contribution in [0.3, 0.4) is 0 Å². The maximum Gasteiger partial charge on any atom is 0.270 e. The van der Waals surface area contributed by atoms with Gasteiger partial charge in [-0.05, 0) is 37.4 Å². The molecule has 140 valence electrons. The third-order valence-electron chi connectivity index (χ3n) is 4.93. The van der Waals surface area contributed by atoms with E-state index in [9.17, 15) is 14.4 Å². The number of nitrogens with zero attached hydrogens (tertiary/aromatic N) is 1. The van der Waals surface area contributed by atoms with Gasteiger partial charge in [0.1, 0.15) is 11.6 Å². The number of ether oxygens (including phenoxy) is 1. The summed E-state index contributed by atoms with van der Waals surface area (Å²) in [4.78, 5) is 40.5. The minimum atomic E-state index is -0.604. The highest BCUT2D eigenvalue weighted by atomic mass is 16.5. The summed E-state index contributed by atoms with van der Waals surface area (Å²) >= 11 is 0. The highest BCUT2D eigenvalue weighted by Crippen LogP contribution is 2.35. The average Bonchev–Trinajstić information content (AvgIpc) is 2.96. The molecule has 27 heavy (non-hydrogen) atoms. The summed E-state index contributed by atoms with van der Waals surface area (Å²) in [7, 11) is 1.56. The summed E-state index contributed by atoms with van der Waals surface area (Å²) in [6.45, 7) is 3.81. The van der Waals surface area contributed by atoms with Gasteiger partial charge in [0.15, 0.2) is 0 Å². The molecule has 0 saturated carbocycles. The van der Waals surface area contributed by atoms with E-state index in [1.165, 1.54) is 0 Å². The van der Waals surface area contributed by atoms with Crippen molar-refractivity contribution in [1.82, 2.24) is 14.8 Å². The number of rotatable bonds is 3. The van der Waals surface area contributed by atoms with Gasteiger partial charge in [0, 0.05) is 30.0 Å². The largest absolute Gasteiger partial charge is 0.497 e. The number of aromatic nitrogens is 3. The van der Waals surface area contributed by atoms with Crippen LogP contribution in [0.4, 0.5) is 5.82 Å². The van der Waals surface area contributed by atoms with Crippen LogP contribution in [-0.2, 0) is 4.79 Å². The van der Waals surface area contributed by atoms with E-state index in [0.717, 1.165) is 5.39 Å². The zero-order chi connectivity index (χ0) is 19.3. The Balaban J connectivity index is 1.92. The van der Waals surface area contributed by atoms with Gasteiger partial charge in [-0.1, -0.05) is 0 Å². The molecule has 3 heterocycles. The minimum absolute atomic E-state index is 0.0390. The van der Waals surface area contributed by atoms with Gasteiger partial charge in [0.05, 0.1) is 18.2 Å². The number of hydrogen-bond donors (Lipinski definition) is 3. The lowest BCUT2D eigenvalue weighted by atomic mass is 9.87. The van der Waals surface area contributed by atoms with Gasteiger partial charge >= 0.3 is 0 Å². The van der Waals surface area contributed by atoms with Crippen molar-refractivity contribution in [2.75, 3.05) is 12.4 Å². The van der Waals surface area contributed by atoms with Crippen LogP contribution in [-0.4, -0.2) is 27.8 Å². The Morgan fingerprint density at radius 1 is 1.15 bits per heavy atom. The number of H-pyrrole nitrogens is 2. The molecule has 1 aromatic carbocycles. The molecule has 0 saturated heterocycles. The second kappa shape index (κ2) is 6.15. The Bertz CT molecular complexity index is 1170. The molecular weight excluding hydrogens is 348 g/mol. The Hall–Kier alpha value is -3.29. The molecule has 2 aromatic heterocycles. The molecular formula is C19H20N4O4. The number of carbonyl (C=O) groups excluding carboxylic acids is 1. The third kappa shape index (κ3) is 2.73. The van der Waals surface area contributed by atoms with E-state index >= 15 is 0 Å². The number of aromatic amines is 2. The van der Waals surface area contributed by atoms with Crippen molar-refractivity contribution in [3.05, 3.63) is 56.1 Å². The molecule has 3 N–H and O–H groups in total. The second-order valence-corrected chi connectivity index (χ2v) is 6.98. The quantitative estimate of drug-likeness (QED) is 0.657. The number of hydrogen-bond acceptors (Lipinski definition) is 4. The van der Waals surface area contributed by atoms with E-state index in [1.807, 2.05) is 19.9 Å². The van der Waals surface area contributed by atoms with Crippen LogP contribution in [0.5, 0.6) is 5.75 Å². The van der Waals surface area contributed by atoms with Crippen LogP contribution in [0.25, 0.3) is 10.9 Å². The molecule has 0 radical (unpaired) electrons. The van der Waals surface area contributed by atoms with Crippen molar-refractivity contribution in [2.45, 2.75) is 32.2 Å². The standard InChI is InChI=1S/C19H20N4O4/c1-9(2)23-17-16(19(26)22-23)12(8-15(24)21-17)13-6-10-4-5-11(27-3)7-14(10)20-18(13)25/h4-7,9,12H,8H2,1-3H3,(H,20,25)(H,21,24)(H,22,26)/t12-/m0/s1. The van der Waals surface area contributed by atoms with Gasteiger partial charge in [-0.25, -0.2) is 0 Å². The van der Waals surface area contributed by atoms with E-state index < -0.39 is 5.92 Å². The van der Waals surface area contributed by atoms with Crippen molar-refractivity contribution in [2.24, 2.45) is 0 Å². The van der Waals surface area contributed by atoms with Crippen molar-refractivity contribution in [1.29, 1.82) is 0 Å². The van der Waals surface area contributed by atoms with Gasteiger partial charge in [0.25, 0.3) is 11.1 Å². The third-order valence-corrected chi connectivity index (χ3v) is 4.93. The number of pyridine rings is 1. The van der Waals surface area contributed by atoms with E-state index in [-0.39, 0.29) is 29.5 Å². The maximum absolute atomic E-state index is 12.8. The van der Waals surface area contributed by atoms with Crippen molar-refractivity contribution in [3.8, 4) is 5.75 Å². The Morgan fingerprint density at radius 2 is 1.93 bits per heavy atom. The van der Waals surface area contributed by atoms with Gasteiger partial charge in [-0.2, -0.15) is 0 Å². The lowest BCUT2D eigenvalue weighted by molar-refractivity contribution is -0.116. The smallest absolute Gasteiger partial charge is 0.270 e. The molecule has 0 bridgehead atoms. The maximum atomic E-state index is 12.8. The minimum Gasteiger partial charge on any atom is -0.497 e. The first-order chi connectivity index (χ1) is 12.9. The first-order valence-corrected chi connectivity index (χ1v) is 8.74. The van der Waals surface area contributed by atoms with Gasteiger partial charge in [-0.15, -0.1) is 0 Å². The van der Waals surface area contributed by atoms with Crippen LogP contribution in [0.2, 0.25) is 0 Å². The van der Waals surface area contributed by atoms with E-state index in [2.05, 4.69) is 15.4 Å². The highest BCUT2D eigenvalue weighted by Gasteiger charge is 2.34. The number of methoxy groups -OCH3 is 1. The Kier molecular flexibility index (Phi) is 3.91. The molecule has 0 aliphatic carbocycles. The fraction of sp³-hybridized carbons (Fsp3) is 0.316. The SMILES string of the molecule is COc1ccc2cc([C@@H]3CC(=O)Nc4c3c(=O)[nH]n4C(C)C)c(=O)[nH]c2c1. The summed E-state index contributed by atoms with van der Waals surface area (Å²) in [5.74, 6) is 0.240. The molecule has 8 nitrogen and oxygen atoms in total. The number of anilines is 1. The molecule has 1 amide bonds. The van der Waals surface area contributed by atoms with Crippen LogP contribution < -0.4 is 21.2 Å². The first-order valence-electron chi connectivity index (χ1n) is 8.74. The molecule has 1 aliphatic heterocycles. The molecule has 0 fully saturated rings. The normalized spacial score (nSPS) is 16.4. The topological polar surface area (TPSA) is 109 Å². The second-order valence-electron chi connectivity index (χ2n) is 6.98. The fourth-order valence-electron chi connectivity index (χ4n) is 3.62. The lowest BCUT2D eigenvalue weighted by Crippen LogP contribution is -2.30. The fourth-order valence-corrected chi connectivity index (χ4v) is 3.62. The van der Waals surface area contributed by atoms with Crippen molar-refractivity contribution < 1.29 is 9.53 Å². The van der Waals surface area contributed by atoms with Crippen LogP contribution in [0.1, 0.15) is 43.4 Å². The summed E-state index contributed by atoms with van der Waals surface area (Å²) in [5.41, 5.74) is 0.839. The molecule has 0 spiro atoms. The molecule has 1 atom stereocenters. The summed E-state index contributed by atoms with van der Waals surface area (Å²) in [6.07, 6.45) is 0.0446. The molecule has 4 rings (SSSR count). The Morgan fingerprint density at radius 3 is 2.63 bits per heavy atom. The highest BCUT2D eigenvalue weighted by molar-refractivity contribution is 5.94. The first kappa shape index (κ1) is 17.1. The molecule has 8 heteroatoms. The zero-order valence-electron chi connectivity index (χ0n) is 15.3. The number of benzene rings is 1. The van der Waals surface area contributed by atoms with Gasteiger partial charge in [-0.3, -0.25) is 24.2 Å². The number of amides is 1. The van der Waals surface area contributed by atoms with Crippen LogP contribution in [0.15, 0.2) is 33.9 Å². The van der Waals surface area contributed by atoms with Crippen LogP contribution in [0, 0.1) is 0 Å². The number of nitrogens with one attached hydrogen (secondary N) is 3. The zero-order valence-corrected chi connectivity index (χ0v) is 15.3. The van der Waals surface area contributed by atoms with E-state index in [1.54, 1.807) is 30.0 Å². The predicted octanol–water partition coefficient (Wildman–Crippen LogP) is 2.08. The molecule has 0 unspecified atom stereocenters. The lowest BCUT2D eigenvalue weighted by Gasteiger charge is -2.23.